The number of amides is 1. The van der Waals surface area contributed by atoms with Gasteiger partial charge in [0.1, 0.15) is 12.2 Å². The van der Waals surface area contributed by atoms with Crippen LogP contribution in [0.4, 0.5) is 0 Å². The lowest BCUT2D eigenvalue weighted by Gasteiger charge is -2.05. The summed E-state index contributed by atoms with van der Waals surface area (Å²) < 4.78 is 1.79. The highest BCUT2D eigenvalue weighted by Crippen LogP contribution is 2.27. The van der Waals surface area contributed by atoms with Gasteiger partial charge in [-0.2, -0.15) is 5.10 Å². The number of nitrogens with zero attached hydrogens (tertiary/aromatic N) is 2. The normalized spacial score (nSPS) is 10.8. The molecule has 0 aliphatic carbocycles. The molecule has 0 saturated carbocycles. The van der Waals surface area contributed by atoms with Crippen molar-refractivity contribution in [3.63, 3.8) is 0 Å². The van der Waals surface area contributed by atoms with Crippen LogP contribution in [0.3, 0.4) is 0 Å². The SMILES string of the molecule is CCCCNC(=O)Cn1nc(-c2ccccc2)c2ccccc21. The second-order valence-corrected chi connectivity index (χ2v) is 5.59. The van der Waals surface area contributed by atoms with E-state index in [1.165, 1.54) is 0 Å². The number of aromatic nitrogens is 2. The Balaban J connectivity index is 1.91. The summed E-state index contributed by atoms with van der Waals surface area (Å²) in [4.78, 5) is 12.1. The quantitative estimate of drug-likeness (QED) is 0.707. The smallest absolute Gasteiger partial charge is 0.241 e. The fourth-order valence-electron chi connectivity index (χ4n) is 2.65. The molecular formula is C19H21N3O. The third-order valence-corrected chi connectivity index (χ3v) is 3.85. The van der Waals surface area contributed by atoms with Crippen LogP contribution in [-0.2, 0) is 11.3 Å². The molecule has 3 aromatic rings. The fourth-order valence-corrected chi connectivity index (χ4v) is 2.65. The first kappa shape index (κ1) is 15.3. The molecule has 0 radical (unpaired) electrons. The maximum atomic E-state index is 12.1. The van der Waals surface area contributed by atoms with E-state index < -0.39 is 0 Å². The molecular weight excluding hydrogens is 286 g/mol. The van der Waals surface area contributed by atoms with E-state index >= 15 is 0 Å². The van der Waals surface area contributed by atoms with Gasteiger partial charge in [-0.1, -0.05) is 61.9 Å². The highest BCUT2D eigenvalue weighted by Gasteiger charge is 2.13. The monoisotopic (exact) mass is 307 g/mol. The summed E-state index contributed by atoms with van der Waals surface area (Å²) in [5.41, 5.74) is 2.97. The van der Waals surface area contributed by atoms with Gasteiger partial charge >= 0.3 is 0 Å². The molecule has 1 amide bonds. The van der Waals surface area contributed by atoms with Gasteiger partial charge in [-0.15, -0.1) is 0 Å². The first-order valence-corrected chi connectivity index (χ1v) is 8.07. The van der Waals surface area contributed by atoms with Gasteiger partial charge in [-0.3, -0.25) is 9.48 Å². The topological polar surface area (TPSA) is 46.9 Å². The summed E-state index contributed by atoms with van der Waals surface area (Å²) >= 11 is 0. The number of nitrogens with one attached hydrogen (secondary N) is 1. The van der Waals surface area contributed by atoms with Crippen molar-refractivity contribution >= 4 is 16.8 Å². The molecule has 0 spiro atoms. The van der Waals surface area contributed by atoms with Gasteiger partial charge in [0.15, 0.2) is 0 Å². The molecule has 1 heterocycles. The van der Waals surface area contributed by atoms with Crippen molar-refractivity contribution in [3.8, 4) is 11.3 Å². The summed E-state index contributed by atoms with van der Waals surface area (Å²) in [6.07, 6.45) is 2.07. The van der Waals surface area contributed by atoms with Crippen LogP contribution in [0, 0.1) is 0 Å². The fraction of sp³-hybridized carbons (Fsp3) is 0.263. The third kappa shape index (κ3) is 3.42. The van der Waals surface area contributed by atoms with Crippen LogP contribution >= 0.6 is 0 Å². The number of unbranched alkanes of at least 4 members (excludes halogenated alkanes) is 1. The van der Waals surface area contributed by atoms with Crippen LogP contribution in [0.15, 0.2) is 54.6 Å². The first-order chi connectivity index (χ1) is 11.3. The average molecular weight is 307 g/mol. The number of hydrogen-bond acceptors (Lipinski definition) is 2. The molecule has 0 saturated heterocycles. The Labute approximate surface area is 136 Å². The van der Waals surface area contributed by atoms with Crippen molar-refractivity contribution < 1.29 is 4.79 Å². The largest absolute Gasteiger partial charge is 0.354 e. The molecule has 23 heavy (non-hydrogen) atoms. The summed E-state index contributed by atoms with van der Waals surface area (Å²) in [6, 6.07) is 18.1. The minimum Gasteiger partial charge on any atom is -0.354 e. The lowest BCUT2D eigenvalue weighted by atomic mass is 10.1. The summed E-state index contributed by atoms with van der Waals surface area (Å²) in [5.74, 6) is 0.00585. The lowest BCUT2D eigenvalue weighted by Crippen LogP contribution is -2.28. The van der Waals surface area contributed by atoms with Crippen LogP contribution in [0.1, 0.15) is 19.8 Å². The molecule has 118 valence electrons. The molecule has 0 unspecified atom stereocenters. The van der Waals surface area contributed by atoms with E-state index in [-0.39, 0.29) is 12.5 Å². The van der Waals surface area contributed by atoms with Crippen molar-refractivity contribution in [3.05, 3.63) is 54.6 Å². The van der Waals surface area contributed by atoms with E-state index in [1.54, 1.807) is 4.68 Å². The van der Waals surface area contributed by atoms with Crippen molar-refractivity contribution in [2.45, 2.75) is 26.3 Å². The number of rotatable bonds is 6. The number of benzene rings is 2. The predicted octanol–water partition coefficient (Wildman–Crippen LogP) is 3.62. The standard InChI is InChI=1S/C19H21N3O/c1-2-3-13-20-18(23)14-22-17-12-8-7-11-16(17)19(21-22)15-9-5-4-6-10-15/h4-12H,2-3,13-14H2,1H3,(H,20,23). The second kappa shape index (κ2) is 7.09. The Morgan fingerprint density at radius 3 is 2.61 bits per heavy atom. The Kier molecular flexibility index (Phi) is 4.71. The van der Waals surface area contributed by atoms with Crippen LogP contribution in [0.5, 0.6) is 0 Å². The molecule has 3 rings (SSSR count). The molecule has 4 nitrogen and oxygen atoms in total. The Morgan fingerprint density at radius 2 is 1.83 bits per heavy atom. The van der Waals surface area contributed by atoms with E-state index in [0.717, 1.165) is 41.5 Å². The van der Waals surface area contributed by atoms with Gasteiger partial charge in [-0.05, 0) is 12.5 Å². The molecule has 1 N–H and O–H groups in total. The number of hydrogen-bond donors (Lipinski definition) is 1. The zero-order valence-electron chi connectivity index (χ0n) is 13.3. The Morgan fingerprint density at radius 1 is 1.09 bits per heavy atom. The predicted molar refractivity (Wildman–Crippen MR) is 93.1 cm³/mol. The Bertz CT molecular complexity index is 793. The summed E-state index contributed by atoms with van der Waals surface area (Å²) in [7, 11) is 0. The van der Waals surface area contributed by atoms with Crippen LogP contribution in [0.2, 0.25) is 0 Å². The van der Waals surface area contributed by atoms with E-state index in [4.69, 9.17) is 0 Å². The molecule has 2 aromatic carbocycles. The molecule has 4 heteroatoms. The molecule has 1 aromatic heterocycles. The zero-order chi connectivity index (χ0) is 16.1. The minimum absolute atomic E-state index is 0.00585. The van der Waals surface area contributed by atoms with Gasteiger partial charge in [-0.25, -0.2) is 0 Å². The van der Waals surface area contributed by atoms with Crippen LogP contribution < -0.4 is 5.32 Å². The highest BCUT2D eigenvalue weighted by atomic mass is 16.2. The number of carbonyl (C=O) groups excluding carboxylic acids is 1. The molecule has 0 bridgehead atoms. The van der Waals surface area contributed by atoms with E-state index in [9.17, 15) is 4.79 Å². The van der Waals surface area contributed by atoms with Gasteiger partial charge in [0.2, 0.25) is 5.91 Å². The maximum absolute atomic E-state index is 12.1. The van der Waals surface area contributed by atoms with Crippen molar-refractivity contribution in [1.29, 1.82) is 0 Å². The Hall–Kier alpha value is -2.62. The van der Waals surface area contributed by atoms with E-state index in [0.29, 0.717) is 0 Å². The van der Waals surface area contributed by atoms with Gasteiger partial charge in [0, 0.05) is 17.5 Å². The van der Waals surface area contributed by atoms with Crippen molar-refractivity contribution in [2.75, 3.05) is 6.54 Å². The number of para-hydroxylation sites is 1. The van der Waals surface area contributed by atoms with Crippen molar-refractivity contribution in [2.24, 2.45) is 0 Å². The van der Waals surface area contributed by atoms with Crippen LogP contribution in [-0.4, -0.2) is 22.2 Å². The van der Waals surface area contributed by atoms with Gasteiger partial charge in [0.05, 0.1) is 5.52 Å². The van der Waals surface area contributed by atoms with Crippen LogP contribution in [0.25, 0.3) is 22.2 Å². The van der Waals surface area contributed by atoms with Crippen molar-refractivity contribution in [1.82, 2.24) is 15.1 Å². The second-order valence-electron chi connectivity index (χ2n) is 5.59. The number of carbonyl (C=O) groups is 1. The van der Waals surface area contributed by atoms with Gasteiger partial charge < -0.3 is 5.32 Å². The lowest BCUT2D eigenvalue weighted by molar-refractivity contribution is -0.121. The average Bonchev–Trinajstić information content (AvgIpc) is 2.95. The summed E-state index contributed by atoms with van der Waals surface area (Å²) in [5, 5.41) is 8.70. The van der Waals surface area contributed by atoms with E-state index in [1.807, 2.05) is 48.5 Å². The molecule has 0 aliphatic rings. The summed E-state index contributed by atoms with van der Waals surface area (Å²) in [6.45, 7) is 3.08. The highest BCUT2D eigenvalue weighted by molar-refractivity contribution is 5.94. The molecule has 0 atom stereocenters. The zero-order valence-corrected chi connectivity index (χ0v) is 13.3. The first-order valence-electron chi connectivity index (χ1n) is 8.07. The van der Waals surface area contributed by atoms with Gasteiger partial charge in [0.25, 0.3) is 0 Å². The maximum Gasteiger partial charge on any atom is 0.241 e. The minimum atomic E-state index is 0.00585. The molecule has 0 fully saturated rings. The number of fused-ring (bicyclic) bond motifs is 1. The molecule has 0 aliphatic heterocycles. The van der Waals surface area contributed by atoms with E-state index in [2.05, 4.69) is 23.4 Å². The third-order valence-electron chi connectivity index (χ3n) is 3.85.